The van der Waals surface area contributed by atoms with Gasteiger partial charge in [0.25, 0.3) is 12.0 Å². The van der Waals surface area contributed by atoms with Crippen LogP contribution in [0.3, 0.4) is 0 Å². The first-order valence-electron chi connectivity index (χ1n) is 16.3. The zero-order valence-electron chi connectivity index (χ0n) is 28.6. The van der Waals surface area contributed by atoms with E-state index in [9.17, 15) is 14.4 Å². The number of hydrogen-bond donors (Lipinski definition) is 6. The number of unbranched alkanes of at least 4 members (excludes halogenated alkanes) is 5. The van der Waals surface area contributed by atoms with E-state index in [1.165, 1.54) is 49.7 Å². The summed E-state index contributed by atoms with van der Waals surface area (Å²) in [6.07, 6.45) is 13.5. The van der Waals surface area contributed by atoms with Crippen molar-refractivity contribution in [2.75, 3.05) is 45.7 Å². The second-order valence-electron chi connectivity index (χ2n) is 10.6. The number of aromatic amines is 2. The van der Waals surface area contributed by atoms with Crippen LogP contribution >= 0.6 is 0 Å². The van der Waals surface area contributed by atoms with E-state index in [0.717, 1.165) is 24.9 Å². The number of esters is 1. The van der Waals surface area contributed by atoms with Gasteiger partial charge in [-0.25, -0.2) is 0 Å². The number of nitrogens with two attached hydrogens (primary N) is 1. The average Bonchev–Trinajstić information content (AvgIpc) is 3.47. The molecule has 264 valence electrons. The number of nitrogen functional groups attached to an aromatic ring is 1. The summed E-state index contributed by atoms with van der Waals surface area (Å²) in [5.41, 5.74) is 9.35. The Morgan fingerprint density at radius 2 is 1.64 bits per heavy atom. The molecule has 2 heterocycles. The molecule has 2 aromatic heterocycles. The molecule has 0 spiro atoms. The molecule has 47 heavy (non-hydrogen) atoms. The fourth-order valence-electron chi connectivity index (χ4n) is 4.16. The molecular formula is C34H56N6O7. The van der Waals surface area contributed by atoms with Crippen LogP contribution in [0.1, 0.15) is 81.9 Å². The van der Waals surface area contributed by atoms with Gasteiger partial charge in [0.15, 0.2) is 0 Å². The Labute approximate surface area is 278 Å². The number of anilines is 1. The van der Waals surface area contributed by atoms with Gasteiger partial charge in [0.2, 0.25) is 12.4 Å². The van der Waals surface area contributed by atoms with Crippen LogP contribution in [0.25, 0.3) is 11.0 Å². The monoisotopic (exact) mass is 660 g/mol. The number of carboxylic acid groups (broad SMARTS) is 1. The molecule has 0 atom stereocenters. The zero-order chi connectivity index (χ0) is 35.1. The van der Waals surface area contributed by atoms with Crippen LogP contribution in [0.5, 0.6) is 0 Å². The number of nitrogens with zero attached hydrogens (tertiary/aromatic N) is 1. The Morgan fingerprint density at radius 3 is 2.23 bits per heavy atom. The largest absolute Gasteiger partial charge is 0.483 e. The van der Waals surface area contributed by atoms with Crippen molar-refractivity contribution in [3.63, 3.8) is 0 Å². The normalized spacial score (nSPS) is 9.96. The number of ether oxygens (including phenoxy) is 2. The maximum absolute atomic E-state index is 11.9. The molecule has 0 unspecified atom stereocenters. The molecule has 0 saturated carbocycles. The van der Waals surface area contributed by atoms with Crippen LogP contribution < -0.4 is 21.9 Å². The number of aryl methyl sites for hydroxylation is 3. The number of hydrogen-bond acceptors (Lipinski definition) is 9. The third-order valence-corrected chi connectivity index (χ3v) is 6.68. The Kier molecular flexibility index (Phi) is 26.6. The molecule has 0 radical (unpaired) electrons. The molecule has 3 aromatic rings. The Bertz CT molecular complexity index is 1270. The lowest BCUT2D eigenvalue weighted by molar-refractivity contribution is -0.145. The lowest BCUT2D eigenvalue weighted by Gasteiger charge is -2.05. The molecule has 13 nitrogen and oxygen atoms in total. The van der Waals surface area contributed by atoms with Crippen molar-refractivity contribution in [3.8, 4) is 0 Å². The summed E-state index contributed by atoms with van der Waals surface area (Å²) in [6.45, 7) is 8.92. The Morgan fingerprint density at radius 1 is 0.979 bits per heavy atom. The summed E-state index contributed by atoms with van der Waals surface area (Å²) in [6, 6.07) is 8.43. The zero-order valence-corrected chi connectivity index (χ0v) is 28.6. The number of amides is 1. The number of nitrogens with one attached hydrogen (secondary N) is 4. The molecule has 0 fully saturated rings. The number of likely N-dealkylation sites (N-methyl/N-ethyl adjacent to an activating group) is 1. The van der Waals surface area contributed by atoms with Gasteiger partial charge in [-0.15, -0.1) is 0 Å². The topological polar surface area (TPSA) is 202 Å². The van der Waals surface area contributed by atoms with Gasteiger partial charge in [0.05, 0.1) is 18.6 Å². The highest BCUT2D eigenvalue weighted by atomic mass is 16.6. The molecule has 3 rings (SSSR count). The lowest BCUT2D eigenvalue weighted by Crippen LogP contribution is -2.18. The minimum absolute atomic E-state index is 0.134. The van der Waals surface area contributed by atoms with E-state index in [4.69, 9.17) is 25.1 Å². The molecule has 0 bridgehead atoms. The number of carbonyl (C=O) groups is 3. The third kappa shape index (κ3) is 22.0. The second kappa shape index (κ2) is 29.2. The van der Waals surface area contributed by atoms with Crippen molar-refractivity contribution in [3.05, 3.63) is 57.5 Å². The summed E-state index contributed by atoms with van der Waals surface area (Å²) in [5, 5.41) is 12.9. The van der Waals surface area contributed by atoms with Crippen LogP contribution in [0.4, 0.5) is 5.95 Å². The van der Waals surface area contributed by atoms with Crippen LogP contribution in [0.2, 0.25) is 0 Å². The highest BCUT2D eigenvalue weighted by Crippen LogP contribution is 2.15. The molecule has 7 N–H and O–H groups in total. The SMILES string of the molecule is CCCCCCCC.CNCCOCCOC(=O)CCCNC=O.Cc1ccc(CCc2c[nH]c3nc(N)[nH]c(=O)c23)cc1.O=CO. The van der Waals surface area contributed by atoms with Crippen LogP contribution in [-0.4, -0.2) is 78.9 Å². The molecule has 0 aliphatic rings. The van der Waals surface area contributed by atoms with E-state index < -0.39 is 0 Å². The van der Waals surface area contributed by atoms with E-state index in [2.05, 4.69) is 70.6 Å². The highest BCUT2D eigenvalue weighted by molar-refractivity contribution is 5.79. The molecule has 0 saturated heterocycles. The smallest absolute Gasteiger partial charge is 0.305 e. The lowest BCUT2D eigenvalue weighted by atomic mass is 10.0. The second-order valence-corrected chi connectivity index (χ2v) is 10.6. The number of aromatic nitrogens is 3. The van der Waals surface area contributed by atoms with Crippen LogP contribution in [-0.2, 0) is 36.7 Å². The first-order valence-corrected chi connectivity index (χ1v) is 16.3. The van der Waals surface area contributed by atoms with E-state index in [1.807, 2.05) is 13.2 Å². The Hall–Kier alpha value is -4.23. The summed E-state index contributed by atoms with van der Waals surface area (Å²) in [4.78, 5) is 50.9. The first-order chi connectivity index (χ1) is 22.8. The molecule has 0 aliphatic carbocycles. The maximum atomic E-state index is 11.9. The number of fused-ring (bicyclic) bond motifs is 1. The number of carbonyl (C=O) groups excluding carboxylic acids is 2. The molecule has 13 heteroatoms. The summed E-state index contributed by atoms with van der Waals surface area (Å²) in [5.74, 6) is -0.126. The van der Waals surface area contributed by atoms with Crippen molar-refractivity contribution in [2.24, 2.45) is 0 Å². The van der Waals surface area contributed by atoms with E-state index in [-0.39, 0.29) is 30.6 Å². The van der Waals surface area contributed by atoms with Crippen LogP contribution in [0.15, 0.2) is 35.3 Å². The predicted octanol–water partition coefficient (Wildman–Crippen LogP) is 4.29. The van der Waals surface area contributed by atoms with Gasteiger partial charge < -0.3 is 35.9 Å². The van der Waals surface area contributed by atoms with Gasteiger partial charge in [-0.1, -0.05) is 82.2 Å². The van der Waals surface area contributed by atoms with Crippen molar-refractivity contribution >= 4 is 35.8 Å². The van der Waals surface area contributed by atoms with Crippen molar-refractivity contribution in [2.45, 2.75) is 85.0 Å². The minimum Gasteiger partial charge on any atom is -0.483 e. The number of benzene rings is 1. The average molecular weight is 661 g/mol. The van der Waals surface area contributed by atoms with Crippen molar-refractivity contribution < 1.29 is 29.0 Å². The fourth-order valence-corrected chi connectivity index (χ4v) is 4.16. The minimum atomic E-state index is -0.259. The van der Waals surface area contributed by atoms with Gasteiger partial charge in [0, 0.05) is 25.7 Å². The first kappa shape index (κ1) is 42.8. The quantitative estimate of drug-likeness (QED) is 0.0612. The van der Waals surface area contributed by atoms with Gasteiger partial charge in [-0.2, -0.15) is 4.98 Å². The van der Waals surface area contributed by atoms with E-state index in [0.29, 0.717) is 50.0 Å². The molecular weight excluding hydrogens is 604 g/mol. The number of rotatable bonds is 19. The highest BCUT2D eigenvalue weighted by Gasteiger charge is 2.10. The summed E-state index contributed by atoms with van der Waals surface area (Å²) >= 11 is 0. The molecule has 1 aromatic carbocycles. The van der Waals surface area contributed by atoms with Gasteiger partial charge in [-0.3, -0.25) is 24.2 Å². The number of H-pyrrole nitrogens is 2. The van der Waals surface area contributed by atoms with Crippen LogP contribution in [0, 0.1) is 6.92 Å². The standard InChI is InChI=1S/C15H16N4O.C10H20N2O4.C8H18.CH2O2/c1-9-2-4-10(5-3-9)6-7-11-8-17-13-12(11)14(20)19-15(16)18-13;1-11-5-6-15-7-8-16-10(14)3-2-4-12-9-13;1-3-5-7-8-6-4-2;2-1-3/h2-5,8H,6-7H2,1H3,(H4,16,17,18,19,20);9,11H,2-8H2,1H3,(H,12,13);3-8H2,1-2H3;1H,(H,2,3). The molecule has 0 aliphatic heterocycles. The summed E-state index contributed by atoms with van der Waals surface area (Å²) in [7, 11) is 1.84. The fraction of sp³-hybridized carbons (Fsp3) is 0.559. The summed E-state index contributed by atoms with van der Waals surface area (Å²) < 4.78 is 10.1. The predicted molar refractivity (Wildman–Crippen MR) is 186 cm³/mol. The van der Waals surface area contributed by atoms with Gasteiger partial charge in [0.1, 0.15) is 12.3 Å². The van der Waals surface area contributed by atoms with Gasteiger partial charge >= 0.3 is 5.97 Å². The molecule has 1 amide bonds. The van der Waals surface area contributed by atoms with E-state index in [1.54, 1.807) is 0 Å². The van der Waals surface area contributed by atoms with Crippen molar-refractivity contribution in [1.29, 1.82) is 0 Å². The Balaban J connectivity index is 0.000000701. The third-order valence-electron chi connectivity index (χ3n) is 6.68. The van der Waals surface area contributed by atoms with Crippen molar-refractivity contribution in [1.82, 2.24) is 25.6 Å². The van der Waals surface area contributed by atoms with Gasteiger partial charge in [-0.05, 0) is 44.4 Å². The van der Waals surface area contributed by atoms with E-state index >= 15 is 0 Å². The maximum Gasteiger partial charge on any atom is 0.305 e.